The first-order valence-corrected chi connectivity index (χ1v) is 5.24. The van der Waals surface area contributed by atoms with Crippen LogP contribution in [0.5, 0.6) is 0 Å². The van der Waals surface area contributed by atoms with Crippen LogP contribution in [0.15, 0.2) is 6.33 Å². The quantitative estimate of drug-likeness (QED) is 0.784. The first kappa shape index (κ1) is 10.8. The summed E-state index contributed by atoms with van der Waals surface area (Å²) in [5, 5.41) is 3.24. The number of aryl methyl sites for hydroxylation is 2. The Morgan fingerprint density at radius 2 is 2.25 bits per heavy atom. The number of nitrogens with one attached hydrogen (secondary N) is 1. The van der Waals surface area contributed by atoms with Gasteiger partial charge < -0.3 is 15.6 Å². The lowest BCUT2D eigenvalue weighted by Crippen LogP contribution is -2.26. The molecule has 0 fully saturated rings. The first-order chi connectivity index (χ1) is 7.61. The average Bonchev–Trinajstić information content (AvgIpc) is 2.60. The molecule has 3 N–H and O–H groups in total. The monoisotopic (exact) mass is 220 g/mol. The second-order valence-corrected chi connectivity index (χ2v) is 3.93. The summed E-state index contributed by atoms with van der Waals surface area (Å²) in [6, 6.07) is 0.166. The molecule has 0 amide bonds. The number of aromatic nitrogens is 4. The standard InChI is InChI=1S/C10H16N6/c1-6(4-11)13-9-8-10(15-7(2)14-9)16(3)5-12-8/h5-6H,4,11H2,1-3H3,(H,13,14,15). The molecule has 86 valence electrons. The molecule has 0 bridgehead atoms. The van der Waals surface area contributed by atoms with Gasteiger partial charge in [0.25, 0.3) is 0 Å². The van der Waals surface area contributed by atoms with Crippen molar-refractivity contribution in [2.75, 3.05) is 11.9 Å². The minimum atomic E-state index is 0.166. The van der Waals surface area contributed by atoms with E-state index in [1.165, 1.54) is 0 Å². The molecule has 1 unspecified atom stereocenters. The average molecular weight is 220 g/mol. The van der Waals surface area contributed by atoms with E-state index in [0.29, 0.717) is 6.54 Å². The van der Waals surface area contributed by atoms with Crippen molar-refractivity contribution in [1.29, 1.82) is 0 Å². The van der Waals surface area contributed by atoms with E-state index >= 15 is 0 Å². The lowest BCUT2D eigenvalue weighted by atomic mass is 10.3. The van der Waals surface area contributed by atoms with Gasteiger partial charge in [-0.05, 0) is 13.8 Å². The van der Waals surface area contributed by atoms with Crippen LogP contribution in [0.4, 0.5) is 5.82 Å². The zero-order valence-corrected chi connectivity index (χ0v) is 9.73. The molecule has 6 heteroatoms. The van der Waals surface area contributed by atoms with Gasteiger partial charge >= 0.3 is 0 Å². The predicted octanol–water partition coefficient (Wildman–Crippen LogP) is 0.431. The predicted molar refractivity (Wildman–Crippen MR) is 63.2 cm³/mol. The minimum absolute atomic E-state index is 0.166. The Labute approximate surface area is 93.9 Å². The third-order valence-electron chi connectivity index (χ3n) is 2.41. The fraction of sp³-hybridized carbons (Fsp3) is 0.500. The molecule has 2 heterocycles. The Hall–Kier alpha value is -1.69. The maximum absolute atomic E-state index is 5.58. The summed E-state index contributed by atoms with van der Waals surface area (Å²) in [6.07, 6.45) is 1.73. The molecular weight excluding hydrogens is 204 g/mol. The molecule has 2 aromatic heterocycles. The minimum Gasteiger partial charge on any atom is -0.364 e. The van der Waals surface area contributed by atoms with Gasteiger partial charge in [0, 0.05) is 19.6 Å². The lowest BCUT2D eigenvalue weighted by molar-refractivity contribution is 0.797. The molecule has 2 aromatic rings. The maximum Gasteiger partial charge on any atom is 0.165 e. The van der Waals surface area contributed by atoms with Crippen molar-refractivity contribution < 1.29 is 0 Å². The third-order valence-corrected chi connectivity index (χ3v) is 2.41. The highest BCUT2D eigenvalue weighted by Gasteiger charge is 2.11. The van der Waals surface area contributed by atoms with Crippen molar-refractivity contribution in [1.82, 2.24) is 19.5 Å². The molecule has 16 heavy (non-hydrogen) atoms. The summed E-state index contributed by atoms with van der Waals surface area (Å²) in [7, 11) is 1.91. The zero-order chi connectivity index (χ0) is 11.7. The molecule has 2 rings (SSSR count). The molecule has 0 saturated heterocycles. The second-order valence-electron chi connectivity index (χ2n) is 3.93. The number of rotatable bonds is 3. The number of nitrogens with zero attached hydrogens (tertiary/aromatic N) is 4. The van der Waals surface area contributed by atoms with E-state index in [1.807, 2.05) is 25.5 Å². The molecule has 0 aromatic carbocycles. The van der Waals surface area contributed by atoms with E-state index in [-0.39, 0.29) is 6.04 Å². The Balaban J connectivity index is 2.51. The van der Waals surface area contributed by atoms with E-state index in [2.05, 4.69) is 20.3 Å². The molecule has 0 spiro atoms. The summed E-state index contributed by atoms with van der Waals surface area (Å²) < 4.78 is 1.88. The van der Waals surface area contributed by atoms with Crippen LogP contribution in [0.2, 0.25) is 0 Å². The number of imidazole rings is 1. The Kier molecular flexibility index (Phi) is 2.74. The summed E-state index contributed by atoms with van der Waals surface area (Å²) in [6.45, 7) is 4.42. The van der Waals surface area contributed by atoms with Crippen LogP contribution in [-0.2, 0) is 7.05 Å². The first-order valence-electron chi connectivity index (χ1n) is 5.24. The van der Waals surface area contributed by atoms with E-state index in [9.17, 15) is 0 Å². The third kappa shape index (κ3) is 1.83. The van der Waals surface area contributed by atoms with Crippen molar-refractivity contribution in [3.05, 3.63) is 12.2 Å². The summed E-state index contributed by atoms with van der Waals surface area (Å²) in [4.78, 5) is 13.0. The molecule has 0 aliphatic carbocycles. The smallest absolute Gasteiger partial charge is 0.165 e. The van der Waals surface area contributed by atoms with E-state index in [0.717, 1.165) is 22.8 Å². The van der Waals surface area contributed by atoms with Gasteiger partial charge in [-0.3, -0.25) is 0 Å². The molecule has 1 atom stereocenters. The summed E-state index contributed by atoms with van der Waals surface area (Å²) in [5.74, 6) is 1.48. The van der Waals surface area contributed by atoms with Crippen LogP contribution < -0.4 is 11.1 Å². The van der Waals surface area contributed by atoms with Crippen LogP contribution >= 0.6 is 0 Å². The van der Waals surface area contributed by atoms with Crippen molar-refractivity contribution in [3.8, 4) is 0 Å². The molecule has 6 nitrogen and oxygen atoms in total. The Morgan fingerprint density at radius 3 is 2.94 bits per heavy atom. The highest BCUT2D eigenvalue weighted by atomic mass is 15.1. The number of anilines is 1. The van der Waals surface area contributed by atoms with Gasteiger partial charge in [0.15, 0.2) is 11.5 Å². The van der Waals surface area contributed by atoms with Crippen molar-refractivity contribution >= 4 is 17.0 Å². The molecule has 0 aliphatic heterocycles. The lowest BCUT2D eigenvalue weighted by Gasteiger charge is -2.12. The van der Waals surface area contributed by atoms with Gasteiger partial charge in [-0.15, -0.1) is 0 Å². The van der Waals surface area contributed by atoms with Gasteiger partial charge in [0.1, 0.15) is 11.3 Å². The number of fused-ring (bicyclic) bond motifs is 1. The Bertz CT molecular complexity index is 503. The van der Waals surface area contributed by atoms with Gasteiger partial charge in [0.05, 0.1) is 6.33 Å². The SMILES string of the molecule is Cc1nc(NC(C)CN)c2ncn(C)c2n1. The van der Waals surface area contributed by atoms with Crippen molar-refractivity contribution in [2.45, 2.75) is 19.9 Å². The summed E-state index contributed by atoms with van der Waals surface area (Å²) in [5.41, 5.74) is 7.19. The van der Waals surface area contributed by atoms with Gasteiger partial charge in [-0.2, -0.15) is 0 Å². The maximum atomic E-state index is 5.58. The van der Waals surface area contributed by atoms with E-state index in [4.69, 9.17) is 5.73 Å². The van der Waals surface area contributed by atoms with Gasteiger partial charge in [-0.1, -0.05) is 0 Å². The normalized spacial score (nSPS) is 13.0. The fourth-order valence-corrected chi connectivity index (χ4v) is 1.51. The van der Waals surface area contributed by atoms with E-state index in [1.54, 1.807) is 6.33 Å². The van der Waals surface area contributed by atoms with Crippen LogP contribution in [0, 0.1) is 6.92 Å². The largest absolute Gasteiger partial charge is 0.364 e. The van der Waals surface area contributed by atoms with Crippen LogP contribution in [0.25, 0.3) is 11.2 Å². The van der Waals surface area contributed by atoms with Gasteiger partial charge in [-0.25, -0.2) is 15.0 Å². The highest BCUT2D eigenvalue weighted by molar-refractivity contribution is 5.83. The fourth-order valence-electron chi connectivity index (χ4n) is 1.51. The van der Waals surface area contributed by atoms with Crippen molar-refractivity contribution in [2.24, 2.45) is 12.8 Å². The molecular formula is C10H16N6. The summed E-state index contributed by atoms with van der Waals surface area (Å²) >= 11 is 0. The van der Waals surface area contributed by atoms with Gasteiger partial charge in [0.2, 0.25) is 0 Å². The topological polar surface area (TPSA) is 81.6 Å². The number of hydrogen-bond acceptors (Lipinski definition) is 5. The van der Waals surface area contributed by atoms with E-state index < -0.39 is 0 Å². The molecule has 0 saturated carbocycles. The highest BCUT2D eigenvalue weighted by Crippen LogP contribution is 2.18. The van der Waals surface area contributed by atoms with Crippen LogP contribution in [-0.4, -0.2) is 32.1 Å². The van der Waals surface area contributed by atoms with Crippen LogP contribution in [0.3, 0.4) is 0 Å². The molecule has 0 radical (unpaired) electrons. The zero-order valence-electron chi connectivity index (χ0n) is 9.73. The number of hydrogen-bond donors (Lipinski definition) is 2. The van der Waals surface area contributed by atoms with Crippen LogP contribution in [0.1, 0.15) is 12.7 Å². The number of nitrogens with two attached hydrogens (primary N) is 1. The Morgan fingerprint density at radius 1 is 1.50 bits per heavy atom. The van der Waals surface area contributed by atoms with Crippen molar-refractivity contribution in [3.63, 3.8) is 0 Å². The second kappa shape index (κ2) is 4.05. The molecule has 0 aliphatic rings.